The van der Waals surface area contributed by atoms with E-state index in [1.807, 2.05) is 48.5 Å². The molecule has 1 atom stereocenters. The molecule has 1 aliphatic rings. The van der Waals surface area contributed by atoms with Crippen molar-refractivity contribution < 1.29 is 9.53 Å². The first kappa shape index (κ1) is 13.0. The van der Waals surface area contributed by atoms with E-state index in [1.54, 1.807) is 10.7 Å². The summed E-state index contributed by atoms with van der Waals surface area (Å²) in [5.41, 5.74) is 1.86. The Kier molecular flexibility index (Phi) is 3.12. The maximum atomic E-state index is 11.9. The van der Waals surface area contributed by atoms with E-state index >= 15 is 0 Å². The number of carbonyl (C=O) groups excluding carboxylic acids is 1. The van der Waals surface area contributed by atoms with Crippen LogP contribution in [-0.2, 0) is 4.74 Å². The lowest BCUT2D eigenvalue weighted by atomic mass is 10.1. The van der Waals surface area contributed by atoms with Gasteiger partial charge in [0.2, 0.25) is 5.16 Å². The molecule has 3 aromatic rings. The van der Waals surface area contributed by atoms with Crippen molar-refractivity contribution in [1.82, 2.24) is 20.2 Å². The Morgan fingerprint density at radius 2 is 1.82 bits per heavy atom. The Bertz CT molecular complexity index is 834. The number of esters is 1. The zero-order valence-corrected chi connectivity index (χ0v) is 12.1. The fourth-order valence-electron chi connectivity index (χ4n) is 2.28. The Morgan fingerprint density at radius 1 is 1.05 bits per heavy atom. The van der Waals surface area contributed by atoms with Gasteiger partial charge in [0.25, 0.3) is 0 Å². The highest BCUT2D eigenvalue weighted by atomic mass is 32.2. The molecule has 0 saturated carbocycles. The van der Waals surface area contributed by atoms with Crippen molar-refractivity contribution in [1.29, 1.82) is 0 Å². The summed E-state index contributed by atoms with van der Waals surface area (Å²) < 4.78 is 7.04. The number of para-hydroxylation sites is 1. The number of ether oxygens (including phenoxy) is 1. The van der Waals surface area contributed by atoms with Crippen LogP contribution in [0.1, 0.15) is 21.4 Å². The van der Waals surface area contributed by atoms with Gasteiger partial charge in [-0.25, -0.2) is 4.79 Å². The second-order valence-corrected chi connectivity index (χ2v) is 5.68. The zero-order valence-electron chi connectivity index (χ0n) is 11.3. The molecule has 1 aromatic heterocycles. The van der Waals surface area contributed by atoms with Gasteiger partial charge in [0.1, 0.15) is 0 Å². The van der Waals surface area contributed by atoms with Crippen LogP contribution in [0, 0.1) is 0 Å². The number of cyclic esters (lactones) is 1. The monoisotopic (exact) mass is 310 g/mol. The van der Waals surface area contributed by atoms with E-state index in [9.17, 15) is 4.79 Å². The number of rotatable bonds is 3. The number of aromatic nitrogens is 4. The van der Waals surface area contributed by atoms with E-state index in [4.69, 9.17) is 4.74 Å². The van der Waals surface area contributed by atoms with Gasteiger partial charge in [-0.2, -0.15) is 4.68 Å². The van der Waals surface area contributed by atoms with Crippen LogP contribution in [0.5, 0.6) is 0 Å². The van der Waals surface area contributed by atoms with Crippen molar-refractivity contribution in [2.45, 2.75) is 10.6 Å². The quantitative estimate of drug-likeness (QED) is 0.693. The van der Waals surface area contributed by atoms with Gasteiger partial charge in [-0.15, -0.1) is 5.10 Å². The van der Waals surface area contributed by atoms with E-state index in [2.05, 4.69) is 15.5 Å². The molecule has 7 heteroatoms. The predicted octanol–water partition coefficient (Wildman–Crippen LogP) is 2.62. The van der Waals surface area contributed by atoms with Gasteiger partial charge in [-0.3, -0.25) is 0 Å². The third-order valence-corrected chi connectivity index (χ3v) is 4.33. The summed E-state index contributed by atoms with van der Waals surface area (Å²) in [4.78, 5) is 11.9. The van der Waals surface area contributed by atoms with Crippen molar-refractivity contribution in [2.24, 2.45) is 0 Å². The Labute approximate surface area is 130 Å². The number of thioether (sulfide) groups is 1. The van der Waals surface area contributed by atoms with Crippen molar-refractivity contribution in [2.75, 3.05) is 0 Å². The zero-order chi connectivity index (χ0) is 14.9. The number of fused-ring (bicyclic) bond motifs is 1. The van der Waals surface area contributed by atoms with E-state index in [0.717, 1.165) is 11.3 Å². The fraction of sp³-hybridized carbons (Fsp3) is 0.0667. The van der Waals surface area contributed by atoms with Crippen molar-refractivity contribution >= 4 is 17.7 Å². The summed E-state index contributed by atoms with van der Waals surface area (Å²) >= 11 is 1.31. The first-order chi connectivity index (χ1) is 10.8. The van der Waals surface area contributed by atoms with Gasteiger partial charge in [-0.1, -0.05) is 36.4 Å². The lowest BCUT2D eigenvalue weighted by Gasteiger charge is -2.09. The molecule has 2 aromatic carbocycles. The maximum Gasteiger partial charge on any atom is 0.340 e. The second-order valence-electron chi connectivity index (χ2n) is 4.65. The molecular formula is C15H10N4O2S. The number of tetrazole rings is 1. The third-order valence-electron chi connectivity index (χ3n) is 3.30. The van der Waals surface area contributed by atoms with E-state index in [0.29, 0.717) is 10.7 Å². The summed E-state index contributed by atoms with van der Waals surface area (Å²) in [7, 11) is 0. The molecule has 1 aliphatic heterocycles. The van der Waals surface area contributed by atoms with Crippen LogP contribution in [-0.4, -0.2) is 26.2 Å². The van der Waals surface area contributed by atoms with Crippen LogP contribution in [0.4, 0.5) is 0 Å². The highest BCUT2D eigenvalue weighted by Gasteiger charge is 2.32. The molecule has 0 saturated heterocycles. The molecule has 0 spiro atoms. The molecule has 0 amide bonds. The third kappa shape index (κ3) is 2.15. The van der Waals surface area contributed by atoms with Crippen LogP contribution < -0.4 is 0 Å². The van der Waals surface area contributed by atoms with Crippen LogP contribution in [0.2, 0.25) is 0 Å². The van der Waals surface area contributed by atoms with Crippen molar-refractivity contribution in [3.63, 3.8) is 0 Å². The van der Waals surface area contributed by atoms with Crippen LogP contribution in [0.15, 0.2) is 59.8 Å². The molecule has 0 fully saturated rings. The largest absolute Gasteiger partial charge is 0.442 e. The number of benzene rings is 2. The number of hydrogen-bond donors (Lipinski definition) is 0. The second kappa shape index (κ2) is 5.27. The summed E-state index contributed by atoms with van der Waals surface area (Å²) in [6.45, 7) is 0. The molecule has 0 N–H and O–H groups in total. The minimum Gasteiger partial charge on any atom is -0.442 e. The molecule has 22 heavy (non-hydrogen) atoms. The van der Waals surface area contributed by atoms with E-state index in [1.165, 1.54) is 11.8 Å². The lowest BCUT2D eigenvalue weighted by Crippen LogP contribution is -2.01. The first-order valence-corrected chi connectivity index (χ1v) is 7.51. The van der Waals surface area contributed by atoms with Crippen LogP contribution >= 0.6 is 11.8 Å². The summed E-state index contributed by atoms with van der Waals surface area (Å²) in [6.07, 6.45) is 0. The smallest absolute Gasteiger partial charge is 0.340 e. The van der Waals surface area contributed by atoms with Crippen molar-refractivity contribution in [3.8, 4) is 5.69 Å². The first-order valence-electron chi connectivity index (χ1n) is 6.63. The average molecular weight is 310 g/mol. The average Bonchev–Trinajstić information content (AvgIpc) is 3.15. The maximum absolute atomic E-state index is 11.9. The number of nitrogens with zero attached hydrogens (tertiary/aromatic N) is 4. The van der Waals surface area contributed by atoms with Gasteiger partial charge < -0.3 is 4.74 Å². The number of hydrogen-bond acceptors (Lipinski definition) is 6. The molecular weight excluding hydrogens is 300 g/mol. The lowest BCUT2D eigenvalue weighted by molar-refractivity contribution is 0.0521. The standard InChI is InChI=1S/C15H10N4O2S/c20-13-11-8-4-5-9-12(11)14(21-13)22-15-16-17-18-19(15)10-6-2-1-3-7-10/h1-9,14H. The normalized spacial score (nSPS) is 16.4. The summed E-state index contributed by atoms with van der Waals surface area (Å²) in [5, 5.41) is 12.3. The molecule has 108 valence electrons. The van der Waals surface area contributed by atoms with Crippen LogP contribution in [0.3, 0.4) is 0 Å². The molecule has 1 unspecified atom stereocenters. The minimum atomic E-state index is -0.433. The Morgan fingerprint density at radius 3 is 2.68 bits per heavy atom. The number of carbonyl (C=O) groups is 1. The molecule has 4 rings (SSSR count). The van der Waals surface area contributed by atoms with Gasteiger partial charge in [0.15, 0.2) is 5.44 Å². The topological polar surface area (TPSA) is 69.9 Å². The minimum absolute atomic E-state index is 0.313. The van der Waals surface area contributed by atoms with E-state index in [-0.39, 0.29) is 5.97 Å². The van der Waals surface area contributed by atoms with Crippen LogP contribution in [0.25, 0.3) is 5.69 Å². The Balaban J connectivity index is 1.67. The van der Waals surface area contributed by atoms with Gasteiger partial charge >= 0.3 is 5.97 Å². The molecule has 2 heterocycles. The predicted molar refractivity (Wildman–Crippen MR) is 79.6 cm³/mol. The summed E-state index contributed by atoms with van der Waals surface area (Å²) in [5.74, 6) is -0.313. The SMILES string of the molecule is O=C1OC(Sc2nnnn2-c2ccccc2)c2ccccc21. The molecule has 0 bridgehead atoms. The van der Waals surface area contributed by atoms with Gasteiger partial charge in [-0.05, 0) is 40.4 Å². The summed E-state index contributed by atoms with van der Waals surface area (Å²) in [6, 6.07) is 16.9. The highest BCUT2D eigenvalue weighted by molar-refractivity contribution is 7.99. The Hall–Kier alpha value is -2.67. The van der Waals surface area contributed by atoms with Gasteiger partial charge in [0, 0.05) is 5.56 Å². The fourth-order valence-corrected chi connectivity index (χ4v) is 3.26. The van der Waals surface area contributed by atoms with Gasteiger partial charge in [0.05, 0.1) is 11.3 Å². The molecule has 6 nitrogen and oxygen atoms in total. The molecule has 0 radical (unpaired) electrons. The van der Waals surface area contributed by atoms with Crippen molar-refractivity contribution in [3.05, 3.63) is 65.7 Å². The highest BCUT2D eigenvalue weighted by Crippen LogP contribution is 2.41. The molecule has 0 aliphatic carbocycles. The van der Waals surface area contributed by atoms with E-state index < -0.39 is 5.44 Å².